The van der Waals surface area contributed by atoms with Crippen molar-refractivity contribution in [2.45, 2.75) is 19.9 Å². The summed E-state index contributed by atoms with van der Waals surface area (Å²) < 4.78 is 11.2. The first-order valence-corrected chi connectivity index (χ1v) is 10.7. The number of fused-ring (bicyclic) bond motifs is 1. The lowest BCUT2D eigenvalue weighted by Gasteiger charge is -2.27. The number of carbonyl (C=O) groups excluding carboxylic acids is 2. The SMILES string of the molecule is COc1cccc2cc(C(=O)C3=C(O)C(=O)N(c4cc(C)cc(C)c4)C3c3cccnc3)oc12. The summed E-state index contributed by atoms with van der Waals surface area (Å²) in [6.07, 6.45) is 3.19. The van der Waals surface area contributed by atoms with Crippen LogP contribution in [-0.2, 0) is 4.79 Å². The number of aromatic nitrogens is 1. The molecule has 0 spiro atoms. The topological polar surface area (TPSA) is 92.9 Å². The molecule has 0 saturated carbocycles. The molecule has 0 fully saturated rings. The Labute approximate surface area is 195 Å². The summed E-state index contributed by atoms with van der Waals surface area (Å²) in [4.78, 5) is 32.6. The summed E-state index contributed by atoms with van der Waals surface area (Å²) in [5.41, 5.74) is 3.44. The molecule has 0 radical (unpaired) electrons. The van der Waals surface area contributed by atoms with Gasteiger partial charge in [0.1, 0.15) is 0 Å². The number of hydrogen-bond donors (Lipinski definition) is 1. The Kier molecular flexibility index (Phi) is 5.17. The Morgan fingerprint density at radius 3 is 2.53 bits per heavy atom. The number of para-hydroxylation sites is 1. The molecule has 4 aromatic rings. The van der Waals surface area contributed by atoms with E-state index in [0.717, 1.165) is 11.1 Å². The fourth-order valence-electron chi connectivity index (χ4n) is 4.49. The van der Waals surface area contributed by atoms with Gasteiger partial charge in [0.15, 0.2) is 22.9 Å². The second kappa shape index (κ2) is 8.19. The second-order valence-electron chi connectivity index (χ2n) is 8.29. The van der Waals surface area contributed by atoms with Gasteiger partial charge < -0.3 is 14.3 Å². The molecule has 2 aromatic carbocycles. The number of benzene rings is 2. The smallest absolute Gasteiger partial charge is 0.294 e. The minimum Gasteiger partial charge on any atom is -0.503 e. The predicted octanol–water partition coefficient (Wildman–Crippen LogP) is 5.24. The van der Waals surface area contributed by atoms with E-state index in [4.69, 9.17) is 9.15 Å². The average molecular weight is 454 g/mol. The van der Waals surface area contributed by atoms with Gasteiger partial charge in [0.25, 0.3) is 5.91 Å². The van der Waals surface area contributed by atoms with Crippen molar-refractivity contribution in [3.8, 4) is 5.75 Å². The van der Waals surface area contributed by atoms with E-state index in [9.17, 15) is 14.7 Å². The number of furan rings is 1. The first kappa shape index (κ1) is 21.5. The number of hydrogen-bond acceptors (Lipinski definition) is 6. The van der Waals surface area contributed by atoms with E-state index < -0.39 is 23.5 Å². The molecule has 0 aliphatic carbocycles. The van der Waals surface area contributed by atoms with Gasteiger partial charge in [0, 0.05) is 23.5 Å². The molecule has 5 rings (SSSR count). The fourth-order valence-corrected chi connectivity index (χ4v) is 4.49. The van der Waals surface area contributed by atoms with E-state index in [0.29, 0.717) is 28.0 Å². The number of amides is 1. The number of aliphatic hydroxyl groups is 1. The molecule has 1 unspecified atom stereocenters. The number of nitrogens with zero attached hydrogens (tertiary/aromatic N) is 2. The van der Waals surface area contributed by atoms with Crippen LogP contribution < -0.4 is 9.64 Å². The quantitative estimate of drug-likeness (QED) is 0.415. The average Bonchev–Trinajstić information content (AvgIpc) is 3.38. The standard InChI is InChI=1S/C27H22N2O5/c1-15-10-16(2)12-19(11-15)29-23(18-7-5-9-28-14-18)22(25(31)27(29)32)24(30)21-13-17-6-4-8-20(33-3)26(17)34-21/h4-14,23,31H,1-3H3. The van der Waals surface area contributed by atoms with Crippen LogP contribution in [0.5, 0.6) is 5.75 Å². The summed E-state index contributed by atoms with van der Waals surface area (Å²) in [5, 5.41) is 11.6. The molecule has 1 aliphatic heterocycles. The fraction of sp³-hybridized carbons (Fsp3) is 0.148. The second-order valence-corrected chi connectivity index (χ2v) is 8.29. The predicted molar refractivity (Wildman–Crippen MR) is 127 cm³/mol. The van der Waals surface area contributed by atoms with Gasteiger partial charge in [-0.1, -0.05) is 24.3 Å². The van der Waals surface area contributed by atoms with Gasteiger partial charge >= 0.3 is 0 Å². The molecule has 0 saturated heterocycles. The van der Waals surface area contributed by atoms with Crippen molar-refractivity contribution in [3.05, 3.63) is 101 Å². The Morgan fingerprint density at radius 2 is 1.85 bits per heavy atom. The maximum absolute atomic E-state index is 13.7. The van der Waals surface area contributed by atoms with Crippen LogP contribution in [0.1, 0.15) is 33.3 Å². The van der Waals surface area contributed by atoms with Gasteiger partial charge in [-0.2, -0.15) is 0 Å². The first-order valence-electron chi connectivity index (χ1n) is 10.7. The third-order valence-corrected chi connectivity index (χ3v) is 5.89. The van der Waals surface area contributed by atoms with E-state index in [2.05, 4.69) is 4.98 Å². The van der Waals surface area contributed by atoms with Gasteiger partial charge in [0.05, 0.1) is 18.7 Å². The molecule has 1 N–H and O–H groups in total. The number of aliphatic hydroxyl groups excluding tert-OH is 1. The maximum atomic E-state index is 13.7. The highest BCUT2D eigenvalue weighted by Gasteiger charge is 2.45. The van der Waals surface area contributed by atoms with E-state index in [1.807, 2.05) is 32.0 Å². The van der Waals surface area contributed by atoms with Gasteiger partial charge in [-0.3, -0.25) is 19.5 Å². The lowest BCUT2D eigenvalue weighted by molar-refractivity contribution is -0.117. The Hall–Kier alpha value is -4.39. The molecular weight excluding hydrogens is 432 g/mol. The molecule has 0 bridgehead atoms. The van der Waals surface area contributed by atoms with Crippen LogP contribution in [0.25, 0.3) is 11.0 Å². The zero-order valence-electron chi connectivity index (χ0n) is 18.9. The molecular formula is C27H22N2O5. The molecule has 7 heteroatoms. The number of pyridine rings is 1. The normalized spacial score (nSPS) is 15.9. The number of ketones is 1. The van der Waals surface area contributed by atoms with Crippen molar-refractivity contribution >= 4 is 28.3 Å². The third kappa shape index (κ3) is 3.42. The van der Waals surface area contributed by atoms with Gasteiger partial charge in [0.2, 0.25) is 5.78 Å². The van der Waals surface area contributed by atoms with Gasteiger partial charge in [-0.15, -0.1) is 0 Å². The van der Waals surface area contributed by atoms with E-state index in [1.165, 1.54) is 12.0 Å². The summed E-state index contributed by atoms with van der Waals surface area (Å²) in [6, 6.07) is 15.2. The van der Waals surface area contributed by atoms with Crippen molar-refractivity contribution in [1.82, 2.24) is 4.98 Å². The van der Waals surface area contributed by atoms with Crippen LogP contribution in [0.15, 0.2) is 82.7 Å². The van der Waals surface area contributed by atoms with Crippen molar-refractivity contribution in [2.75, 3.05) is 12.0 Å². The third-order valence-electron chi connectivity index (χ3n) is 5.89. The van der Waals surface area contributed by atoms with Gasteiger partial charge in [-0.25, -0.2) is 0 Å². The van der Waals surface area contributed by atoms with Crippen LogP contribution in [0, 0.1) is 13.8 Å². The number of methoxy groups -OCH3 is 1. The minimum absolute atomic E-state index is 0.00464. The molecule has 34 heavy (non-hydrogen) atoms. The van der Waals surface area contributed by atoms with E-state index in [1.54, 1.807) is 48.8 Å². The molecule has 2 aromatic heterocycles. The monoisotopic (exact) mass is 454 g/mol. The van der Waals surface area contributed by atoms with Crippen LogP contribution in [-0.4, -0.2) is 28.9 Å². The van der Waals surface area contributed by atoms with E-state index in [-0.39, 0.29) is 11.3 Å². The van der Waals surface area contributed by atoms with Crippen LogP contribution in [0.3, 0.4) is 0 Å². The summed E-state index contributed by atoms with van der Waals surface area (Å²) >= 11 is 0. The van der Waals surface area contributed by atoms with Crippen LogP contribution in [0.2, 0.25) is 0 Å². The van der Waals surface area contributed by atoms with E-state index >= 15 is 0 Å². The lowest BCUT2D eigenvalue weighted by atomic mass is 9.95. The lowest BCUT2D eigenvalue weighted by Crippen LogP contribution is -2.31. The first-order chi connectivity index (χ1) is 16.4. The Balaban J connectivity index is 1.67. The highest BCUT2D eigenvalue weighted by molar-refractivity contribution is 6.20. The number of aryl methyl sites for hydroxylation is 2. The highest BCUT2D eigenvalue weighted by atomic mass is 16.5. The van der Waals surface area contributed by atoms with Crippen molar-refractivity contribution in [2.24, 2.45) is 0 Å². The highest BCUT2D eigenvalue weighted by Crippen LogP contribution is 2.43. The molecule has 170 valence electrons. The number of rotatable bonds is 5. The zero-order chi connectivity index (χ0) is 24.0. The van der Waals surface area contributed by atoms with Crippen molar-refractivity contribution in [3.63, 3.8) is 0 Å². The molecule has 1 aliphatic rings. The summed E-state index contributed by atoms with van der Waals surface area (Å²) in [6.45, 7) is 3.86. The number of ether oxygens (including phenoxy) is 1. The number of Topliss-reactive ketones (excluding diaryl/α,β-unsaturated/α-hetero) is 1. The van der Waals surface area contributed by atoms with Gasteiger partial charge in [-0.05, 0) is 60.9 Å². The number of carbonyl (C=O) groups is 2. The summed E-state index contributed by atoms with van der Waals surface area (Å²) in [5.74, 6) is -1.35. The number of anilines is 1. The molecule has 7 nitrogen and oxygen atoms in total. The van der Waals surface area contributed by atoms with Crippen molar-refractivity contribution < 1.29 is 23.8 Å². The zero-order valence-corrected chi connectivity index (χ0v) is 18.9. The molecule has 1 atom stereocenters. The van der Waals surface area contributed by atoms with Crippen molar-refractivity contribution in [1.29, 1.82) is 0 Å². The Morgan fingerprint density at radius 1 is 1.09 bits per heavy atom. The van der Waals surface area contributed by atoms with Crippen LogP contribution in [0.4, 0.5) is 5.69 Å². The van der Waals surface area contributed by atoms with Crippen LogP contribution >= 0.6 is 0 Å². The maximum Gasteiger partial charge on any atom is 0.294 e. The molecule has 3 heterocycles. The summed E-state index contributed by atoms with van der Waals surface area (Å²) in [7, 11) is 1.52. The minimum atomic E-state index is -0.870. The molecule has 1 amide bonds. The largest absolute Gasteiger partial charge is 0.503 e. The Bertz CT molecular complexity index is 1450.